The molecule has 3 fully saturated rings. The number of nitrogens with zero attached hydrogens (tertiary/aromatic N) is 3. The van der Waals surface area contributed by atoms with Crippen LogP contribution in [0.3, 0.4) is 0 Å². The van der Waals surface area contributed by atoms with Crippen LogP contribution in [0, 0.1) is 17.3 Å². The van der Waals surface area contributed by atoms with Gasteiger partial charge in [0.25, 0.3) is 0 Å². The van der Waals surface area contributed by atoms with Crippen molar-refractivity contribution in [3.05, 3.63) is 97.1 Å². The predicted molar refractivity (Wildman–Crippen MR) is 221 cm³/mol. The summed E-state index contributed by atoms with van der Waals surface area (Å²) in [5, 5.41) is 11.0. The van der Waals surface area contributed by atoms with E-state index in [9.17, 15) is 14.7 Å². The average molecular weight is 835 g/mol. The molecule has 3 heterocycles. The Morgan fingerprint density at radius 3 is 2.25 bits per heavy atom. The number of aliphatic hydroxyl groups excluding tert-OH is 1. The number of likely N-dealkylation sites (tertiary alicyclic amines) is 1. The van der Waals surface area contributed by atoms with Gasteiger partial charge in [-0.05, 0) is 63.0 Å². The summed E-state index contributed by atoms with van der Waals surface area (Å²) < 4.78 is 13.3. The predicted octanol–water partition coefficient (Wildman–Crippen LogP) is 6.67. The van der Waals surface area contributed by atoms with Crippen LogP contribution in [-0.2, 0) is 35.1 Å². The Morgan fingerprint density at radius 1 is 1.05 bits per heavy atom. The third kappa shape index (κ3) is 8.55. The van der Waals surface area contributed by atoms with Crippen LogP contribution in [0.1, 0.15) is 84.5 Å². The number of hydrogen-bond acceptors (Lipinski definition) is 7. The third-order valence-corrected chi connectivity index (χ3v) is 12.6. The molecule has 1 N–H and O–H groups in total. The highest BCUT2D eigenvalue weighted by Crippen LogP contribution is 2.61. The minimum absolute atomic E-state index is 0.119. The molecule has 0 aromatic heterocycles. The van der Waals surface area contributed by atoms with Gasteiger partial charge in [0.05, 0.1) is 36.6 Å². The van der Waals surface area contributed by atoms with E-state index >= 15 is 9.59 Å². The molecule has 1 spiro atoms. The minimum atomic E-state index is -1.39. The van der Waals surface area contributed by atoms with E-state index in [-0.39, 0.29) is 35.0 Å². The van der Waals surface area contributed by atoms with Crippen LogP contribution in [0.25, 0.3) is 0 Å². The molecule has 0 saturated carbocycles. The van der Waals surface area contributed by atoms with Gasteiger partial charge in [0, 0.05) is 30.4 Å². The molecule has 3 saturated heterocycles. The molecule has 0 radical (unpaired) electrons. The number of alkyl halides is 1. The van der Waals surface area contributed by atoms with Crippen molar-refractivity contribution in [3.8, 4) is 0 Å². The Labute approximate surface area is 341 Å². The lowest BCUT2D eigenvalue weighted by atomic mass is 9.70. The van der Waals surface area contributed by atoms with Crippen LogP contribution in [0.2, 0.25) is 0 Å². The summed E-state index contributed by atoms with van der Waals surface area (Å²) in [6.07, 6.45) is 3.79. The number of esters is 1. The first-order valence-corrected chi connectivity index (χ1v) is 20.7. The molecule has 10 nitrogen and oxygen atoms in total. The number of benzene rings is 2. The number of carbonyl (C=O) groups excluding carboxylic acids is 4. The zero-order chi connectivity index (χ0) is 41.2. The first-order chi connectivity index (χ1) is 26.4. The largest absolute Gasteiger partial charge is 0.455 e. The van der Waals surface area contributed by atoms with Gasteiger partial charge in [-0.2, -0.15) is 0 Å². The molecule has 1 unspecified atom stereocenters. The Bertz CT molecular complexity index is 1750. The fourth-order valence-corrected chi connectivity index (χ4v) is 10.5. The number of aliphatic hydroxyl groups is 1. The number of amides is 3. The Kier molecular flexibility index (Phi) is 13.4. The Hall–Kier alpha value is -3.80. The van der Waals surface area contributed by atoms with Crippen LogP contribution in [-0.4, -0.2) is 104 Å². The summed E-state index contributed by atoms with van der Waals surface area (Å²) in [5.41, 5.74) is -0.586. The normalized spacial score (nSPS) is 25.9. The summed E-state index contributed by atoms with van der Waals surface area (Å²) >= 11 is 3.80. The molecule has 0 aliphatic carbocycles. The number of carbonyl (C=O) groups is 4. The third-order valence-electron chi connectivity index (χ3n) is 11.8. The van der Waals surface area contributed by atoms with Gasteiger partial charge in [0.2, 0.25) is 17.7 Å². The second kappa shape index (κ2) is 17.4. The van der Waals surface area contributed by atoms with Crippen LogP contribution < -0.4 is 0 Å². The zero-order valence-corrected chi connectivity index (χ0v) is 35.6. The SMILES string of the molecule is C=CCCC(=O)N(C)[C@@H](C)[C@@H](OC(=O)[C@H]1[C@@H]2O[C@@]3(CC2Br)[C@@H]1C(=O)N([C@@H](CO)Cc1ccccc1)[C@@H]3C(=O)N(CC=C)C(C)(C)CC(C)(C)C)c1ccccc1. The molecule has 11 heteroatoms. The fourth-order valence-electron chi connectivity index (χ4n) is 9.58. The van der Waals surface area contributed by atoms with E-state index in [2.05, 4.69) is 49.9 Å². The van der Waals surface area contributed by atoms with E-state index in [1.165, 1.54) is 4.90 Å². The molecule has 2 aromatic carbocycles. The molecule has 3 aliphatic rings. The number of ether oxygens (including phenoxy) is 2. The number of hydrogen-bond donors (Lipinski definition) is 1. The van der Waals surface area contributed by atoms with Crippen molar-refractivity contribution < 1.29 is 33.8 Å². The molecule has 3 aliphatic heterocycles. The summed E-state index contributed by atoms with van der Waals surface area (Å²) in [6, 6.07) is 16.3. The highest BCUT2D eigenvalue weighted by Gasteiger charge is 2.78. The molecule has 2 bridgehead atoms. The maximum Gasteiger partial charge on any atom is 0.313 e. The van der Waals surface area contributed by atoms with Crippen molar-refractivity contribution in [1.29, 1.82) is 0 Å². The summed E-state index contributed by atoms with van der Waals surface area (Å²) in [4.78, 5) is 63.1. The smallest absolute Gasteiger partial charge is 0.313 e. The second-order valence-corrected chi connectivity index (χ2v) is 18.7. The summed E-state index contributed by atoms with van der Waals surface area (Å²) in [6.45, 7) is 19.8. The standard InChI is InChI=1S/C45H60BrN3O7/c1-10-12-23-34(51)47(9)29(3)37(31-21-17-14-18-22-31)55-42(54)35-36-40(52)49(32(27-50)25-30-19-15-13-16-20-30)39(45(36)26-33(46)38(35)56-45)41(53)48(24-11-2)44(7,8)28-43(4,5)6/h10-11,13-22,29,32-33,35-39,50H,1-2,12,23-28H2,3-9H3/t29-,32+,33?,35+,36-,37+,38+,39+,45-/m0/s1. The molecule has 3 amide bonds. The Balaban J connectivity index is 1.59. The number of fused-ring (bicyclic) bond motifs is 1. The molecule has 9 atom stereocenters. The lowest BCUT2D eigenvalue weighted by molar-refractivity contribution is -0.165. The average Bonchev–Trinajstić information content (AvgIpc) is 3.75. The van der Waals surface area contributed by atoms with Crippen LogP contribution in [0.4, 0.5) is 0 Å². The minimum Gasteiger partial charge on any atom is -0.455 e. The van der Waals surface area contributed by atoms with Gasteiger partial charge >= 0.3 is 5.97 Å². The Morgan fingerprint density at radius 2 is 1.68 bits per heavy atom. The van der Waals surface area contributed by atoms with E-state index in [1.807, 2.05) is 81.4 Å². The second-order valence-electron chi connectivity index (χ2n) is 17.6. The maximum atomic E-state index is 15.4. The van der Waals surface area contributed by atoms with Crippen molar-refractivity contribution in [2.75, 3.05) is 20.2 Å². The first-order valence-electron chi connectivity index (χ1n) is 19.8. The molecule has 5 rings (SSSR count). The van der Waals surface area contributed by atoms with Crippen LogP contribution >= 0.6 is 15.9 Å². The zero-order valence-electron chi connectivity index (χ0n) is 34.0. The molecule has 304 valence electrons. The van der Waals surface area contributed by atoms with Gasteiger partial charge in [-0.3, -0.25) is 19.2 Å². The van der Waals surface area contributed by atoms with Crippen molar-refractivity contribution >= 4 is 39.6 Å². The van der Waals surface area contributed by atoms with Gasteiger partial charge < -0.3 is 29.3 Å². The van der Waals surface area contributed by atoms with Gasteiger partial charge in [-0.15, -0.1) is 13.2 Å². The maximum absolute atomic E-state index is 15.4. The van der Waals surface area contributed by atoms with Crippen LogP contribution in [0.15, 0.2) is 86.0 Å². The number of halogens is 1. The number of rotatable bonds is 17. The molecular formula is C45H60BrN3O7. The van der Waals surface area contributed by atoms with Gasteiger partial charge in [0.1, 0.15) is 17.7 Å². The topological polar surface area (TPSA) is 117 Å². The first kappa shape index (κ1) is 43.3. The van der Waals surface area contributed by atoms with Crippen molar-refractivity contribution in [3.63, 3.8) is 0 Å². The van der Waals surface area contributed by atoms with E-state index in [4.69, 9.17) is 9.47 Å². The molecule has 56 heavy (non-hydrogen) atoms. The van der Waals surface area contributed by atoms with Gasteiger partial charge in [-0.25, -0.2) is 0 Å². The number of likely N-dealkylation sites (N-methyl/N-ethyl adjacent to an activating group) is 1. The summed E-state index contributed by atoms with van der Waals surface area (Å²) in [5.74, 6) is -3.61. The van der Waals surface area contributed by atoms with E-state index in [0.717, 1.165) is 5.56 Å². The lowest BCUT2D eigenvalue weighted by Crippen LogP contribution is -2.63. The highest BCUT2D eigenvalue weighted by atomic mass is 79.9. The van der Waals surface area contributed by atoms with E-state index in [1.54, 1.807) is 29.0 Å². The fraction of sp³-hybridized carbons (Fsp3) is 0.556. The van der Waals surface area contributed by atoms with Crippen molar-refractivity contribution in [2.45, 2.75) is 120 Å². The van der Waals surface area contributed by atoms with E-state index < -0.39 is 71.8 Å². The highest BCUT2D eigenvalue weighted by molar-refractivity contribution is 9.09. The van der Waals surface area contributed by atoms with Crippen LogP contribution in [0.5, 0.6) is 0 Å². The quantitative estimate of drug-likeness (QED) is 0.108. The lowest BCUT2D eigenvalue weighted by Gasteiger charge is -2.46. The van der Waals surface area contributed by atoms with Gasteiger partial charge in [-0.1, -0.05) is 110 Å². The van der Waals surface area contributed by atoms with Crippen molar-refractivity contribution in [2.24, 2.45) is 17.3 Å². The van der Waals surface area contributed by atoms with Gasteiger partial charge in [0.15, 0.2) is 0 Å². The van der Waals surface area contributed by atoms with E-state index in [0.29, 0.717) is 31.2 Å². The molecular weight excluding hydrogens is 774 g/mol. The summed E-state index contributed by atoms with van der Waals surface area (Å²) in [7, 11) is 1.69. The monoisotopic (exact) mass is 833 g/mol. The van der Waals surface area contributed by atoms with Crippen molar-refractivity contribution in [1.82, 2.24) is 14.7 Å². The number of allylic oxidation sites excluding steroid dienone is 1. The molecule has 2 aromatic rings.